The highest BCUT2D eigenvalue weighted by atomic mass is 32.2. The largest absolute Gasteiger partial charge is 0.381 e. The van der Waals surface area contributed by atoms with Crippen LogP contribution in [-0.4, -0.2) is 76.9 Å². The number of hydrogen-bond donors (Lipinski definition) is 0. The summed E-state index contributed by atoms with van der Waals surface area (Å²) in [7, 11) is 0. The maximum atomic E-state index is 11.4. The fourth-order valence-corrected chi connectivity index (χ4v) is 8.05. The number of thioether (sulfide) groups is 1. The molecule has 1 aliphatic rings. The third kappa shape index (κ3) is 30.2. The molecule has 53 heavy (non-hydrogen) atoms. The van der Waals surface area contributed by atoms with Crippen molar-refractivity contribution in [2.75, 3.05) is 66.1 Å². The summed E-state index contributed by atoms with van der Waals surface area (Å²) in [4.78, 5) is 11.4. The van der Waals surface area contributed by atoms with Gasteiger partial charge in [0.2, 0.25) is 0 Å². The zero-order valence-corrected chi connectivity index (χ0v) is 36.3. The van der Waals surface area contributed by atoms with Gasteiger partial charge in [0.15, 0.2) is 5.62 Å². The van der Waals surface area contributed by atoms with Gasteiger partial charge in [-0.3, -0.25) is 4.79 Å². The van der Waals surface area contributed by atoms with Gasteiger partial charge in [-0.15, -0.1) is 6.58 Å². The average molecular weight is 767 g/mol. The van der Waals surface area contributed by atoms with E-state index in [0.29, 0.717) is 35.7 Å². The fourth-order valence-electron chi connectivity index (χ4n) is 7.36. The highest BCUT2D eigenvalue weighted by molar-refractivity contribution is 8.12. The molecule has 0 aromatic heterocycles. The third-order valence-corrected chi connectivity index (χ3v) is 12.2. The van der Waals surface area contributed by atoms with Gasteiger partial charge in [-0.1, -0.05) is 57.2 Å². The van der Waals surface area contributed by atoms with E-state index in [1.54, 1.807) is 0 Å². The Kier molecular flexibility index (Phi) is 33.9. The average Bonchev–Trinajstić information content (AvgIpc) is 3.15. The van der Waals surface area contributed by atoms with E-state index >= 15 is 0 Å². The lowest BCUT2D eigenvalue weighted by atomic mass is 9.68. The molecule has 0 aromatic carbocycles. The minimum atomic E-state index is 0.440. The predicted molar refractivity (Wildman–Crippen MR) is 229 cm³/mol. The van der Waals surface area contributed by atoms with Crippen LogP contribution in [0.15, 0.2) is 24.3 Å². The summed E-state index contributed by atoms with van der Waals surface area (Å²) >= 11 is 1.53. The normalized spacial score (nSPS) is 19.6. The first-order valence-electron chi connectivity index (χ1n) is 22.1. The second-order valence-electron chi connectivity index (χ2n) is 16.4. The quantitative estimate of drug-likeness (QED) is 0.0351. The lowest BCUT2D eigenvalue weighted by Gasteiger charge is -2.38. The minimum absolute atomic E-state index is 0.440. The van der Waals surface area contributed by atoms with Gasteiger partial charge in [0, 0.05) is 58.1 Å². The molecule has 0 saturated heterocycles. The van der Waals surface area contributed by atoms with E-state index in [-0.39, 0.29) is 0 Å². The van der Waals surface area contributed by atoms with E-state index in [1.165, 1.54) is 81.5 Å². The van der Waals surface area contributed by atoms with Gasteiger partial charge in [-0.05, 0) is 165 Å². The molecule has 0 amide bonds. The van der Waals surface area contributed by atoms with Crippen LogP contribution >= 0.6 is 11.8 Å². The number of rotatable bonds is 39. The smallest absolute Gasteiger partial charge is 0.176 e. The number of carbonyl (C=O) groups is 1. The Morgan fingerprint density at radius 3 is 1.70 bits per heavy atom. The summed E-state index contributed by atoms with van der Waals surface area (Å²) < 4.78 is 28.6. The molecule has 6 nitrogen and oxygen atoms in total. The number of unbranched alkanes of at least 4 members (excludes halogenated alkanes) is 6. The van der Waals surface area contributed by atoms with Gasteiger partial charge < -0.3 is 23.7 Å². The molecule has 0 radical (unpaired) electrons. The molecule has 3 unspecified atom stereocenters. The third-order valence-electron chi connectivity index (χ3n) is 11.3. The van der Waals surface area contributed by atoms with E-state index < -0.39 is 0 Å². The Hall–Kier alpha value is -0.700. The van der Waals surface area contributed by atoms with Crippen LogP contribution in [-0.2, 0) is 28.5 Å². The van der Waals surface area contributed by atoms with Crippen molar-refractivity contribution in [2.45, 2.75) is 175 Å². The minimum Gasteiger partial charge on any atom is -0.381 e. The van der Waals surface area contributed by atoms with E-state index in [1.807, 2.05) is 6.08 Å². The van der Waals surface area contributed by atoms with Crippen LogP contribution in [0.1, 0.15) is 169 Å². The number of ether oxygens (including phenoxy) is 5. The topological polar surface area (TPSA) is 63.2 Å². The Morgan fingerprint density at radius 2 is 1.21 bits per heavy atom. The predicted octanol–water partition coefficient (Wildman–Crippen LogP) is 12.6. The summed E-state index contributed by atoms with van der Waals surface area (Å²) in [5.74, 6) is 1.98. The summed E-state index contributed by atoms with van der Waals surface area (Å²) in [5.41, 5.74) is 2.98. The van der Waals surface area contributed by atoms with Crippen molar-refractivity contribution < 1.29 is 28.5 Å². The Morgan fingerprint density at radius 1 is 0.717 bits per heavy atom. The number of carbonyl (C=O) groups excluding carboxylic acids is 1. The van der Waals surface area contributed by atoms with Crippen LogP contribution in [0.4, 0.5) is 0 Å². The van der Waals surface area contributed by atoms with Crippen molar-refractivity contribution in [1.82, 2.24) is 0 Å². The highest BCUT2D eigenvalue weighted by Gasteiger charge is 2.31. The fraction of sp³-hybridized carbons (Fsp3) is 0.891. The molecule has 0 aliphatic heterocycles. The molecule has 0 spiro atoms. The van der Waals surface area contributed by atoms with Gasteiger partial charge >= 0.3 is 0 Å². The lowest BCUT2D eigenvalue weighted by Crippen LogP contribution is -2.26. The van der Waals surface area contributed by atoms with E-state index in [4.69, 9.17) is 23.7 Å². The van der Waals surface area contributed by atoms with Crippen LogP contribution in [0.5, 0.6) is 0 Å². The maximum Gasteiger partial charge on any atom is 0.176 e. The summed E-state index contributed by atoms with van der Waals surface area (Å²) in [5, 5.41) is 0.452. The van der Waals surface area contributed by atoms with Crippen molar-refractivity contribution >= 4 is 17.4 Å². The van der Waals surface area contributed by atoms with Gasteiger partial charge in [0.25, 0.3) is 0 Å². The molecule has 0 aromatic rings. The molecular weight excluding hydrogens is 681 g/mol. The molecule has 0 bridgehead atoms. The van der Waals surface area contributed by atoms with Crippen molar-refractivity contribution in [3.8, 4) is 0 Å². The second-order valence-corrected chi connectivity index (χ2v) is 17.6. The number of allylic oxidation sites excluding steroid dienone is 3. The van der Waals surface area contributed by atoms with E-state index in [0.717, 1.165) is 135 Å². The Labute approximate surface area is 333 Å². The van der Waals surface area contributed by atoms with Crippen molar-refractivity contribution in [1.29, 1.82) is 0 Å². The number of hydrogen-bond acceptors (Lipinski definition) is 7. The zero-order chi connectivity index (χ0) is 38.7. The monoisotopic (exact) mass is 767 g/mol. The van der Waals surface area contributed by atoms with Crippen molar-refractivity contribution in [3.63, 3.8) is 0 Å². The van der Waals surface area contributed by atoms with Gasteiger partial charge in [0.1, 0.15) is 0 Å². The van der Waals surface area contributed by atoms with Crippen molar-refractivity contribution in [3.05, 3.63) is 24.3 Å². The molecule has 1 saturated carbocycles. The molecule has 0 heterocycles. The molecule has 3 atom stereocenters. The molecule has 1 aliphatic carbocycles. The van der Waals surface area contributed by atoms with Crippen LogP contribution in [0, 0.1) is 23.2 Å². The van der Waals surface area contributed by atoms with Crippen molar-refractivity contribution in [2.24, 2.45) is 23.2 Å². The Balaban J connectivity index is 1.92. The first kappa shape index (κ1) is 50.3. The summed E-state index contributed by atoms with van der Waals surface area (Å²) in [6, 6.07) is 0. The molecule has 1 rings (SSSR count). The Bertz CT molecular complexity index is 857. The molecule has 312 valence electrons. The van der Waals surface area contributed by atoms with Crippen LogP contribution < -0.4 is 0 Å². The van der Waals surface area contributed by atoms with E-state index in [9.17, 15) is 4.79 Å². The standard InChI is InChI=1S/C46H86O6S/c1-7-19-42(4)43(5)39-41(3)21-22-45(53-40-47)25-28-46(6)26-23-44(24-27-46)20-18-36-51-34-16-10-14-32-49-30-12-9-13-31-50-33-15-11-17-35-52-38-37-48-29-8-2/h7,39-42,44-45H,1,8-38H2,2-6H3/b43-39+. The van der Waals surface area contributed by atoms with Crippen LogP contribution in [0.3, 0.4) is 0 Å². The lowest BCUT2D eigenvalue weighted by molar-refractivity contribution is 0.0456. The molecular formula is C46H86O6S. The van der Waals surface area contributed by atoms with E-state index in [2.05, 4.69) is 47.3 Å². The first-order valence-corrected chi connectivity index (χ1v) is 23.0. The molecule has 7 heteroatoms. The van der Waals surface area contributed by atoms with Gasteiger partial charge in [-0.25, -0.2) is 0 Å². The SMILES string of the molecule is C=CCC(C)/C(C)=C/C(C)CCC(CCC1(C)CCC(CCCOCCCCCOCCCCCOCCCCCOCCOCCC)CC1)SC=O. The first-order chi connectivity index (χ1) is 25.8. The van der Waals surface area contributed by atoms with Gasteiger partial charge in [-0.2, -0.15) is 0 Å². The molecule has 1 fully saturated rings. The highest BCUT2D eigenvalue weighted by Crippen LogP contribution is 2.44. The van der Waals surface area contributed by atoms with Crippen LogP contribution in [0.2, 0.25) is 0 Å². The maximum absolute atomic E-state index is 11.4. The second kappa shape index (κ2) is 35.7. The van der Waals surface area contributed by atoms with Crippen LogP contribution in [0.25, 0.3) is 0 Å². The summed E-state index contributed by atoms with van der Waals surface area (Å²) in [6.45, 7) is 23.7. The zero-order valence-electron chi connectivity index (χ0n) is 35.5. The molecule has 0 N–H and O–H groups in total. The summed E-state index contributed by atoms with van der Waals surface area (Å²) in [6.07, 6.45) is 29.4. The van der Waals surface area contributed by atoms with Gasteiger partial charge in [0.05, 0.1) is 13.2 Å².